The molecule has 4 heterocycles. The summed E-state index contributed by atoms with van der Waals surface area (Å²) in [4.78, 5) is 13.6. The van der Waals surface area contributed by atoms with E-state index in [9.17, 15) is 5.26 Å². The minimum atomic E-state index is 0.445. The Morgan fingerprint density at radius 2 is 1.87 bits per heavy atom. The molecule has 0 bridgehead atoms. The molecule has 0 N–H and O–H groups in total. The van der Waals surface area contributed by atoms with Crippen LogP contribution in [0.25, 0.3) is 11.1 Å². The average molecular weight is 305 g/mol. The molecule has 5 nitrogen and oxygen atoms in total. The maximum absolute atomic E-state index is 9.18. The monoisotopic (exact) mass is 305 g/mol. The molecule has 4 rings (SSSR count). The van der Waals surface area contributed by atoms with Gasteiger partial charge in [0.25, 0.3) is 0 Å². The second-order valence-electron chi connectivity index (χ2n) is 6.56. The zero-order valence-corrected chi connectivity index (χ0v) is 13.2. The van der Waals surface area contributed by atoms with E-state index in [1.807, 2.05) is 24.4 Å². The van der Waals surface area contributed by atoms with Crippen LogP contribution in [0.5, 0.6) is 0 Å². The van der Waals surface area contributed by atoms with Crippen LogP contribution in [-0.2, 0) is 0 Å². The van der Waals surface area contributed by atoms with Crippen molar-refractivity contribution in [3.8, 4) is 17.2 Å². The predicted octanol–water partition coefficient (Wildman–Crippen LogP) is 2.01. The molecular formula is C18H19N5. The van der Waals surface area contributed by atoms with E-state index in [2.05, 4.69) is 39.0 Å². The molecule has 0 spiro atoms. The number of aromatic nitrogens is 2. The first-order valence-electron chi connectivity index (χ1n) is 7.99. The van der Waals surface area contributed by atoms with Crippen molar-refractivity contribution in [1.29, 1.82) is 5.26 Å². The molecule has 2 unspecified atom stereocenters. The Morgan fingerprint density at radius 1 is 1.09 bits per heavy atom. The van der Waals surface area contributed by atoms with Gasteiger partial charge in [-0.1, -0.05) is 0 Å². The Hall–Kier alpha value is -2.45. The fourth-order valence-corrected chi connectivity index (χ4v) is 3.87. The summed E-state index contributed by atoms with van der Waals surface area (Å²) in [5, 5.41) is 9.18. The first-order chi connectivity index (χ1) is 11.2. The summed E-state index contributed by atoms with van der Waals surface area (Å²) >= 11 is 0. The largest absolute Gasteiger partial charge is 0.356 e. The van der Waals surface area contributed by atoms with Crippen molar-refractivity contribution in [2.24, 2.45) is 11.8 Å². The van der Waals surface area contributed by atoms with Crippen molar-refractivity contribution in [2.75, 3.05) is 38.1 Å². The number of nitrogens with zero attached hydrogens (tertiary/aromatic N) is 5. The van der Waals surface area contributed by atoms with E-state index < -0.39 is 0 Å². The number of nitriles is 1. The van der Waals surface area contributed by atoms with Gasteiger partial charge in [-0.3, -0.25) is 0 Å². The lowest BCUT2D eigenvalue weighted by atomic mass is 10.0. The van der Waals surface area contributed by atoms with E-state index in [0.29, 0.717) is 5.69 Å². The van der Waals surface area contributed by atoms with Crippen LogP contribution in [0.2, 0.25) is 0 Å². The summed E-state index contributed by atoms with van der Waals surface area (Å²) in [6.07, 6.45) is 3.50. The lowest BCUT2D eigenvalue weighted by molar-refractivity contribution is 0.387. The Balaban J connectivity index is 1.54. The molecule has 116 valence electrons. The van der Waals surface area contributed by atoms with E-state index >= 15 is 0 Å². The van der Waals surface area contributed by atoms with Crippen LogP contribution < -0.4 is 4.90 Å². The van der Waals surface area contributed by atoms with Crippen LogP contribution in [0.4, 0.5) is 5.82 Å². The van der Waals surface area contributed by atoms with Crippen LogP contribution in [0.3, 0.4) is 0 Å². The molecule has 23 heavy (non-hydrogen) atoms. The number of anilines is 1. The molecule has 2 aromatic rings. The minimum absolute atomic E-state index is 0.445. The second kappa shape index (κ2) is 5.64. The molecular weight excluding hydrogens is 286 g/mol. The van der Waals surface area contributed by atoms with Crippen LogP contribution in [0.1, 0.15) is 5.69 Å². The summed E-state index contributed by atoms with van der Waals surface area (Å²) in [6, 6.07) is 10.0. The van der Waals surface area contributed by atoms with Gasteiger partial charge in [0.2, 0.25) is 0 Å². The van der Waals surface area contributed by atoms with Crippen molar-refractivity contribution < 1.29 is 0 Å². The third-order valence-electron chi connectivity index (χ3n) is 4.97. The molecule has 2 aliphatic heterocycles. The first kappa shape index (κ1) is 14.2. The van der Waals surface area contributed by atoms with Crippen LogP contribution in [-0.4, -0.2) is 48.1 Å². The lowest BCUT2D eigenvalue weighted by Crippen LogP contribution is -2.27. The quantitative estimate of drug-likeness (QED) is 0.849. The summed E-state index contributed by atoms with van der Waals surface area (Å²) in [5.41, 5.74) is 2.23. The predicted molar refractivity (Wildman–Crippen MR) is 88.9 cm³/mol. The van der Waals surface area contributed by atoms with E-state index in [0.717, 1.165) is 41.9 Å². The number of pyridine rings is 2. The van der Waals surface area contributed by atoms with Crippen molar-refractivity contribution in [3.05, 3.63) is 42.4 Å². The summed E-state index contributed by atoms with van der Waals surface area (Å²) < 4.78 is 0. The zero-order valence-electron chi connectivity index (χ0n) is 13.2. The van der Waals surface area contributed by atoms with Crippen LogP contribution >= 0.6 is 0 Å². The smallest absolute Gasteiger partial charge is 0.148 e. The lowest BCUT2D eigenvalue weighted by Gasteiger charge is -2.20. The molecule has 0 saturated carbocycles. The van der Waals surface area contributed by atoms with Gasteiger partial charge in [-0.05, 0) is 43.1 Å². The number of hydrogen-bond acceptors (Lipinski definition) is 5. The summed E-state index contributed by atoms with van der Waals surface area (Å²) in [6.45, 7) is 4.58. The molecule has 2 atom stereocenters. The molecule has 0 aromatic carbocycles. The summed E-state index contributed by atoms with van der Waals surface area (Å²) in [5.74, 6) is 2.57. The highest BCUT2D eigenvalue weighted by Gasteiger charge is 2.38. The van der Waals surface area contributed by atoms with E-state index in [-0.39, 0.29) is 0 Å². The molecule has 5 heteroatoms. The van der Waals surface area contributed by atoms with Gasteiger partial charge < -0.3 is 9.80 Å². The summed E-state index contributed by atoms with van der Waals surface area (Å²) in [7, 11) is 2.20. The van der Waals surface area contributed by atoms with Crippen molar-refractivity contribution in [1.82, 2.24) is 14.9 Å². The molecule has 2 fully saturated rings. The second-order valence-corrected chi connectivity index (χ2v) is 6.56. The fraction of sp³-hybridized carbons (Fsp3) is 0.389. The Kier molecular flexibility index (Phi) is 3.47. The van der Waals surface area contributed by atoms with Crippen molar-refractivity contribution in [2.45, 2.75) is 0 Å². The molecule has 2 aliphatic rings. The third-order valence-corrected chi connectivity index (χ3v) is 4.97. The average Bonchev–Trinajstić information content (AvgIpc) is 3.12. The standard InChI is InChI=1S/C18H19N5/c1-22-9-14-11-23(12-15(14)10-22)18-5-4-13(8-21-18)16-3-2-6-20-17(16)7-19/h2-6,8,14-15H,9-12H2,1H3. The highest BCUT2D eigenvalue weighted by molar-refractivity contribution is 5.68. The number of fused-ring (bicyclic) bond motifs is 1. The molecule has 2 saturated heterocycles. The van der Waals surface area contributed by atoms with Crippen LogP contribution in [0, 0.1) is 23.2 Å². The number of likely N-dealkylation sites (tertiary alicyclic amines) is 1. The molecule has 2 aromatic heterocycles. The van der Waals surface area contributed by atoms with Crippen LogP contribution in [0.15, 0.2) is 36.7 Å². The Bertz CT molecular complexity index is 735. The van der Waals surface area contributed by atoms with Gasteiger partial charge in [0.1, 0.15) is 17.6 Å². The Morgan fingerprint density at radius 3 is 2.52 bits per heavy atom. The highest BCUT2D eigenvalue weighted by Crippen LogP contribution is 2.33. The van der Waals surface area contributed by atoms with Crippen molar-refractivity contribution in [3.63, 3.8) is 0 Å². The Labute approximate surface area is 136 Å². The van der Waals surface area contributed by atoms with E-state index in [1.54, 1.807) is 6.20 Å². The van der Waals surface area contributed by atoms with Gasteiger partial charge >= 0.3 is 0 Å². The topological polar surface area (TPSA) is 56.0 Å². The number of hydrogen-bond donors (Lipinski definition) is 0. The van der Waals surface area contributed by atoms with Gasteiger partial charge in [0, 0.05) is 49.7 Å². The van der Waals surface area contributed by atoms with E-state index in [4.69, 9.17) is 0 Å². The SMILES string of the molecule is CN1CC2CN(c3ccc(-c4cccnc4C#N)cn3)CC2C1. The molecule has 0 aliphatic carbocycles. The molecule has 0 amide bonds. The molecule has 0 radical (unpaired) electrons. The van der Waals surface area contributed by atoms with E-state index in [1.165, 1.54) is 13.1 Å². The van der Waals surface area contributed by atoms with Gasteiger partial charge in [-0.25, -0.2) is 9.97 Å². The van der Waals surface area contributed by atoms with Gasteiger partial charge in [-0.15, -0.1) is 0 Å². The van der Waals surface area contributed by atoms with Gasteiger partial charge in [0.05, 0.1) is 0 Å². The number of rotatable bonds is 2. The van der Waals surface area contributed by atoms with Gasteiger partial charge in [0.15, 0.2) is 0 Å². The first-order valence-corrected chi connectivity index (χ1v) is 7.99. The minimum Gasteiger partial charge on any atom is -0.356 e. The van der Waals surface area contributed by atoms with Gasteiger partial charge in [-0.2, -0.15) is 5.26 Å². The maximum atomic E-state index is 9.18. The maximum Gasteiger partial charge on any atom is 0.148 e. The zero-order chi connectivity index (χ0) is 15.8. The fourth-order valence-electron chi connectivity index (χ4n) is 3.87. The third kappa shape index (κ3) is 2.55. The van der Waals surface area contributed by atoms with Crippen molar-refractivity contribution >= 4 is 5.82 Å². The normalized spacial score (nSPS) is 23.7. The highest BCUT2D eigenvalue weighted by atomic mass is 15.3.